The number of aldehydes is 1. The number of amides is 2. The molecule has 172 valence electrons. The van der Waals surface area contributed by atoms with E-state index in [9.17, 15) is 14.4 Å². The zero-order valence-electron chi connectivity index (χ0n) is 19.5. The minimum absolute atomic E-state index is 0.0546. The Balaban J connectivity index is 2.21. The number of nitrogens with two attached hydrogens (primary N) is 1. The number of nitrogens with one attached hydrogen (secondary N) is 1. The molecule has 2 heterocycles. The molecule has 2 aliphatic heterocycles. The Hall–Kier alpha value is -1.47. The number of hydrogen-bond donors (Lipinski definition) is 2. The monoisotopic (exact) mass is 422 g/mol. The number of nitrogens with zero attached hydrogens (tertiary/aromatic N) is 2. The molecular formula is C23H42N4O3. The van der Waals surface area contributed by atoms with Gasteiger partial charge in [-0.15, -0.1) is 0 Å². The molecule has 4 atom stereocenters. The summed E-state index contributed by atoms with van der Waals surface area (Å²) in [6.07, 6.45) is 4.69. The van der Waals surface area contributed by atoms with Crippen molar-refractivity contribution in [3.63, 3.8) is 0 Å². The van der Waals surface area contributed by atoms with Crippen LogP contribution >= 0.6 is 0 Å². The number of carbonyl (C=O) groups is 3. The number of rotatable bonds is 10. The molecule has 0 spiro atoms. The number of primary amides is 1. The fourth-order valence-corrected chi connectivity index (χ4v) is 5.32. The van der Waals surface area contributed by atoms with E-state index < -0.39 is 5.54 Å². The molecule has 0 saturated carbocycles. The Kier molecular flexibility index (Phi) is 8.85. The average molecular weight is 423 g/mol. The first-order valence-electron chi connectivity index (χ1n) is 11.6. The summed E-state index contributed by atoms with van der Waals surface area (Å²) in [7, 11) is 0. The van der Waals surface area contributed by atoms with Crippen molar-refractivity contribution in [1.29, 1.82) is 0 Å². The Bertz CT molecular complexity index is 609. The van der Waals surface area contributed by atoms with Crippen LogP contribution in [0.15, 0.2) is 0 Å². The predicted octanol–water partition coefficient (Wildman–Crippen LogP) is 1.79. The van der Waals surface area contributed by atoms with Crippen molar-refractivity contribution >= 4 is 18.1 Å². The van der Waals surface area contributed by atoms with E-state index in [2.05, 4.69) is 44.8 Å². The van der Waals surface area contributed by atoms with Crippen LogP contribution in [0.1, 0.15) is 66.7 Å². The molecule has 2 aliphatic rings. The van der Waals surface area contributed by atoms with E-state index in [4.69, 9.17) is 5.73 Å². The predicted molar refractivity (Wildman–Crippen MR) is 119 cm³/mol. The van der Waals surface area contributed by atoms with Gasteiger partial charge in [0.25, 0.3) is 0 Å². The molecule has 0 bridgehead atoms. The summed E-state index contributed by atoms with van der Waals surface area (Å²) < 4.78 is 0. The fourth-order valence-electron chi connectivity index (χ4n) is 5.32. The molecular weight excluding hydrogens is 380 g/mol. The highest BCUT2D eigenvalue weighted by atomic mass is 16.2. The summed E-state index contributed by atoms with van der Waals surface area (Å²) >= 11 is 0. The highest BCUT2D eigenvalue weighted by Gasteiger charge is 2.46. The molecule has 0 aromatic carbocycles. The zero-order valence-corrected chi connectivity index (χ0v) is 19.5. The summed E-state index contributed by atoms with van der Waals surface area (Å²) in [6.45, 7) is 13.3. The molecule has 3 N–H and O–H groups in total. The lowest BCUT2D eigenvalue weighted by Gasteiger charge is -2.49. The van der Waals surface area contributed by atoms with Gasteiger partial charge in [0, 0.05) is 32.1 Å². The largest absolute Gasteiger partial charge is 0.370 e. The van der Waals surface area contributed by atoms with Gasteiger partial charge in [0.05, 0.1) is 6.04 Å². The minimum atomic E-state index is -0.812. The Labute approximate surface area is 182 Å². The van der Waals surface area contributed by atoms with Gasteiger partial charge in [-0.3, -0.25) is 14.5 Å². The standard InChI is InChI=1S/C23H42N4O3/c1-16(2)10-20-22(30)27(9-7-25-20)23(15-28,13-17(3)4)14-26-8-6-19(11-18(26)5)12-21(24)29/h15-20,25H,6-14H2,1-5H3,(H2,24,29)/t18-,19+,20-,23+/m0/s1. The second-order valence-electron chi connectivity index (χ2n) is 10.3. The van der Waals surface area contributed by atoms with E-state index in [-0.39, 0.29) is 23.9 Å². The molecule has 2 saturated heterocycles. The molecule has 2 amide bonds. The van der Waals surface area contributed by atoms with Crippen LogP contribution in [0.3, 0.4) is 0 Å². The molecule has 0 radical (unpaired) electrons. The second kappa shape index (κ2) is 10.7. The van der Waals surface area contributed by atoms with E-state index in [1.54, 1.807) is 0 Å². The maximum Gasteiger partial charge on any atom is 0.240 e. The van der Waals surface area contributed by atoms with Crippen molar-refractivity contribution in [1.82, 2.24) is 15.1 Å². The maximum absolute atomic E-state index is 13.4. The van der Waals surface area contributed by atoms with Crippen LogP contribution in [0, 0.1) is 17.8 Å². The molecule has 30 heavy (non-hydrogen) atoms. The number of piperidine rings is 1. The molecule has 0 aliphatic carbocycles. The zero-order chi connectivity index (χ0) is 22.5. The molecule has 2 rings (SSSR count). The van der Waals surface area contributed by atoms with Gasteiger partial charge in [-0.1, -0.05) is 27.7 Å². The topological polar surface area (TPSA) is 95.7 Å². The first kappa shape index (κ1) is 24.8. The molecule has 0 unspecified atom stereocenters. The third-order valence-corrected chi connectivity index (χ3v) is 6.61. The van der Waals surface area contributed by atoms with Gasteiger partial charge >= 0.3 is 0 Å². The van der Waals surface area contributed by atoms with Crippen molar-refractivity contribution in [2.24, 2.45) is 23.5 Å². The van der Waals surface area contributed by atoms with E-state index >= 15 is 0 Å². The minimum Gasteiger partial charge on any atom is -0.370 e. The van der Waals surface area contributed by atoms with Crippen LogP contribution in [0.4, 0.5) is 0 Å². The van der Waals surface area contributed by atoms with E-state index in [1.165, 1.54) is 0 Å². The second-order valence-corrected chi connectivity index (χ2v) is 10.3. The van der Waals surface area contributed by atoms with E-state index in [1.807, 2.05) is 4.90 Å². The molecule has 2 fully saturated rings. The SMILES string of the molecule is CC(C)C[C@@H]1NCCN([C@](C=O)(CC(C)C)CN2CC[C@@H](CC(N)=O)C[C@@H]2C)C1=O. The van der Waals surface area contributed by atoms with Gasteiger partial charge < -0.3 is 20.7 Å². The van der Waals surface area contributed by atoms with E-state index in [0.29, 0.717) is 50.2 Å². The number of likely N-dealkylation sites (tertiary alicyclic amines) is 1. The maximum atomic E-state index is 13.4. The van der Waals surface area contributed by atoms with Crippen molar-refractivity contribution in [2.45, 2.75) is 84.3 Å². The third-order valence-electron chi connectivity index (χ3n) is 6.61. The first-order valence-corrected chi connectivity index (χ1v) is 11.6. The van der Waals surface area contributed by atoms with Crippen LogP contribution in [0.5, 0.6) is 0 Å². The summed E-state index contributed by atoms with van der Waals surface area (Å²) in [4.78, 5) is 41.5. The van der Waals surface area contributed by atoms with Crippen LogP contribution in [-0.2, 0) is 14.4 Å². The summed E-state index contributed by atoms with van der Waals surface area (Å²) in [5.74, 6) is 0.820. The molecule has 7 nitrogen and oxygen atoms in total. The van der Waals surface area contributed by atoms with Crippen molar-refractivity contribution in [3.05, 3.63) is 0 Å². The summed E-state index contributed by atoms with van der Waals surface area (Å²) in [5.41, 5.74) is 4.58. The number of piperazine rings is 1. The fraction of sp³-hybridized carbons (Fsp3) is 0.870. The lowest BCUT2D eigenvalue weighted by atomic mass is 9.83. The van der Waals surface area contributed by atoms with Crippen LogP contribution in [0.25, 0.3) is 0 Å². The molecule has 7 heteroatoms. The lowest BCUT2D eigenvalue weighted by Crippen LogP contribution is -2.68. The number of hydrogen-bond acceptors (Lipinski definition) is 5. The van der Waals surface area contributed by atoms with Crippen molar-refractivity contribution in [2.75, 3.05) is 26.2 Å². The van der Waals surface area contributed by atoms with Gasteiger partial charge in [-0.05, 0) is 56.9 Å². The molecule has 0 aromatic rings. The summed E-state index contributed by atoms with van der Waals surface area (Å²) in [5, 5.41) is 3.35. The van der Waals surface area contributed by atoms with Crippen molar-refractivity contribution in [3.8, 4) is 0 Å². The van der Waals surface area contributed by atoms with Crippen LogP contribution in [0.2, 0.25) is 0 Å². The van der Waals surface area contributed by atoms with Gasteiger partial charge in [-0.25, -0.2) is 0 Å². The first-order chi connectivity index (χ1) is 14.1. The highest BCUT2D eigenvalue weighted by molar-refractivity contribution is 5.87. The van der Waals surface area contributed by atoms with Gasteiger partial charge in [0.2, 0.25) is 11.8 Å². The lowest BCUT2D eigenvalue weighted by molar-refractivity contribution is -0.150. The quantitative estimate of drug-likeness (QED) is 0.523. The third kappa shape index (κ3) is 6.27. The van der Waals surface area contributed by atoms with Gasteiger partial charge in [0.1, 0.15) is 11.8 Å². The number of carbonyl (C=O) groups excluding carboxylic acids is 3. The Morgan fingerprint density at radius 2 is 1.97 bits per heavy atom. The van der Waals surface area contributed by atoms with E-state index in [0.717, 1.165) is 32.1 Å². The average Bonchev–Trinajstić information content (AvgIpc) is 2.64. The Morgan fingerprint density at radius 3 is 2.50 bits per heavy atom. The summed E-state index contributed by atoms with van der Waals surface area (Å²) in [6, 6.07) is 0.0306. The van der Waals surface area contributed by atoms with Crippen LogP contribution < -0.4 is 11.1 Å². The highest BCUT2D eigenvalue weighted by Crippen LogP contribution is 2.31. The normalized spacial score (nSPS) is 28.0. The van der Waals surface area contributed by atoms with Gasteiger partial charge in [-0.2, -0.15) is 0 Å². The van der Waals surface area contributed by atoms with Crippen LogP contribution in [-0.4, -0.2) is 71.7 Å². The van der Waals surface area contributed by atoms with Gasteiger partial charge in [0.15, 0.2) is 0 Å². The molecule has 0 aromatic heterocycles. The smallest absolute Gasteiger partial charge is 0.240 e. The Morgan fingerprint density at radius 1 is 1.27 bits per heavy atom. The van der Waals surface area contributed by atoms with Crippen molar-refractivity contribution < 1.29 is 14.4 Å².